The fourth-order valence-electron chi connectivity index (χ4n) is 3.47. The molecule has 1 atom stereocenters. The zero-order valence-electron chi connectivity index (χ0n) is 18.8. The van der Waals surface area contributed by atoms with E-state index in [1.54, 1.807) is 24.4 Å². The molecular formula is C24H22F2N6O3. The van der Waals surface area contributed by atoms with Crippen LogP contribution in [0.3, 0.4) is 0 Å². The number of carbonyl (C=O) groups excluding carboxylic acids is 1. The molecule has 0 saturated carbocycles. The average molecular weight is 480 g/mol. The predicted molar refractivity (Wildman–Crippen MR) is 121 cm³/mol. The van der Waals surface area contributed by atoms with Crippen molar-refractivity contribution < 1.29 is 23.4 Å². The molecule has 11 heteroatoms. The van der Waals surface area contributed by atoms with Crippen molar-refractivity contribution in [2.75, 3.05) is 0 Å². The van der Waals surface area contributed by atoms with Crippen LogP contribution in [-0.2, 0) is 30.1 Å². The van der Waals surface area contributed by atoms with E-state index in [4.69, 9.17) is 4.74 Å². The van der Waals surface area contributed by atoms with E-state index in [9.17, 15) is 18.7 Å². The molecule has 0 aliphatic carbocycles. The lowest BCUT2D eigenvalue weighted by atomic mass is 9.93. The minimum Gasteiger partial charge on any atom is -0.487 e. The number of ketones is 1. The molecule has 9 nitrogen and oxygen atoms in total. The number of aliphatic hydroxyl groups is 1. The number of rotatable bonds is 10. The fraction of sp³-hybridized carbons (Fsp3) is 0.208. The molecule has 0 amide bonds. The molecule has 0 saturated heterocycles. The predicted octanol–water partition coefficient (Wildman–Crippen LogP) is 2.92. The summed E-state index contributed by atoms with van der Waals surface area (Å²) in [6.07, 6.45) is 7.43. The quantitative estimate of drug-likeness (QED) is 0.348. The van der Waals surface area contributed by atoms with Crippen molar-refractivity contribution in [1.29, 1.82) is 0 Å². The van der Waals surface area contributed by atoms with Crippen LogP contribution in [0.15, 0.2) is 67.4 Å². The first-order valence-electron chi connectivity index (χ1n) is 10.6. The normalized spacial score (nSPS) is 13.1. The van der Waals surface area contributed by atoms with Crippen LogP contribution in [0.5, 0.6) is 5.75 Å². The van der Waals surface area contributed by atoms with Gasteiger partial charge in [0.1, 0.15) is 47.9 Å². The molecule has 0 radical (unpaired) electrons. The van der Waals surface area contributed by atoms with E-state index in [2.05, 4.69) is 20.4 Å². The third-order valence-corrected chi connectivity index (χ3v) is 5.11. The minimum absolute atomic E-state index is 0.0382. The molecule has 0 aliphatic rings. The summed E-state index contributed by atoms with van der Waals surface area (Å²) in [6, 6.07) is 10.1. The third-order valence-electron chi connectivity index (χ3n) is 5.11. The molecule has 2 aromatic heterocycles. The number of ether oxygens (including phenoxy) is 1. The first-order valence-corrected chi connectivity index (χ1v) is 10.6. The number of halogens is 2. The lowest BCUT2D eigenvalue weighted by molar-refractivity contribution is -0.112. The first kappa shape index (κ1) is 23.9. The van der Waals surface area contributed by atoms with Crippen LogP contribution >= 0.6 is 0 Å². The van der Waals surface area contributed by atoms with Crippen molar-refractivity contribution in [3.8, 4) is 5.75 Å². The second-order valence-electron chi connectivity index (χ2n) is 7.96. The molecule has 2 aromatic carbocycles. The van der Waals surface area contributed by atoms with Crippen LogP contribution in [0, 0.1) is 11.6 Å². The molecule has 1 unspecified atom stereocenters. The highest BCUT2D eigenvalue weighted by atomic mass is 19.1. The largest absolute Gasteiger partial charge is 0.487 e. The van der Waals surface area contributed by atoms with Crippen molar-refractivity contribution in [2.45, 2.75) is 32.2 Å². The molecule has 0 fully saturated rings. The van der Waals surface area contributed by atoms with Crippen molar-refractivity contribution in [3.63, 3.8) is 0 Å². The smallest absolute Gasteiger partial charge is 0.152 e. The number of allylic oxidation sites excluding steroid dienone is 1. The third kappa shape index (κ3) is 6.21. The van der Waals surface area contributed by atoms with E-state index in [0.29, 0.717) is 17.5 Å². The maximum absolute atomic E-state index is 14.6. The summed E-state index contributed by atoms with van der Waals surface area (Å²) in [6.45, 7) is 1.26. The van der Waals surface area contributed by atoms with Crippen LogP contribution < -0.4 is 4.74 Å². The second kappa shape index (κ2) is 10.3. The summed E-state index contributed by atoms with van der Waals surface area (Å²) in [7, 11) is 0. The second-order valence-corrected chi connectivity index (χ2v) is 7.96. The Bertz CT molecular complexity index is 1320. The van der Waals surface area contributed by atoms with Gasteiger partial charge < -0.3 is 9.84 Å². The van der Waals surface area contributed by atoms with Crippen LogP contribution in [0.25, 0.3) is 6.08 Å². The summed E-state index contributed by atoms with van der Waals surface area (Å²) in [5.41, 5.74) is -0.589. The van der Waals surface area contributed by atoms with E-state index in [0.717, 1.165) is 11.6 Å². The molecule has 180 valence electrons. The van der Waals surface area contributed by atoms with Crippen molar-refractivity contribution >= 4 is 11.9 Å². The number of aromatic nitrogens is 6. The molecule has 4 aromatic rings. The van der Waals surface area contributed by atoms with Gasteiger partial charge in [0.05, 0.1) is 19.3 Å². The Kier molecular flexibility index (Phi) is 7.06. The fourth-order valence-corrected chi connectivity index (χ4v) is 3.47. The molecule has 0 aliphatic heterocycles. The van der Waals surface area contributed by atoms with Crippen molar-refractivity contribution in [1.82, 2.24) is 29.8 Å². The van der Waals surface area contributed by atoms with Gasteiger partial charge in [0, 0.05) is 11.6 Å². The molecule has 1 N–H and O–H groups in total. The molecule has 2 heterocycles. The maximum atomic E-state index is 14.6. The van der Waals surface area contributed by atoms with Crippen molar-refractivity contribution in [2.24, 2.45) is 0 Å². The average Bonchev–Trinajstić information content (AvgIpc) is 3.48. The van der Waals surface area contributed by atoms with Gasteiger partial charge in [0.2, 0.25) is 0 Å². The van der Waals surface area contributed by atoms with Crippen LogP contribution in [0.4, 0.5) is 8.78 Å². The summed E-state index contributed by atoms with van der Waals surface area (Å²) >= 11 is 0. The Labute approximate surface area is 199 Å². The van der Waals surface area contributed by atoms with Gasteiger partial charge in [-0.15, -0.1) is 5.10 Å². The number of benzene rings is 2. The van der Waals surface area contributed by atoms with Gasteiger partial charge in [0.25, 0.3) is 0 Å². The van der Waals surface area contributed by atoms with Gasteiger partial charge in [-0.05, 0) is 36.8 Å². The highest BCUT2D eigenvalue weighted by molar-refractivity contribution is 5.91. The molecular weight excluding hydrogens is 458 g/mol. The highest BCUT2D eigenvalue weighted by Gasteiger charge is 2.34. The van der Waals surface area contributed by atoms with Gasteiger partial charge in [-0.1, -0.05) is 29.5 Å². The van der Waals surface area contributed by atoms with Gasteiger partial charge in [-0.2, -0.15) is 5.10 Å². The number of hydrogen-bond acceptors (Lipinski definition) is 7. The summed E-state index contributed by atoms with van der Waals surface area (Å²) < 4.78 is 36.5. The number of carbonyl (C=O) groups is 1. The number of nitrogens with zero attached hydrogens (tertiary/aromatic N) is 6. The standard InChI is InChI=1S/C24H22F2N6O3/c1-17(33)2-3-18-4-7-21(8-5-18)35-12-20-11-31(30-29-20)13-24(34,14-32-16-27-15-28-32)22-9-6-19(25)10-23(22)26/h2-11,15-16,34H,12-14H2,1H3/b3-2+. The lowest BCUT2D eigenvalue weighted by Crippen LogP contribution is -2.37. The zero-order chi connectivity index (χ0) is 24.8. The summed E-state index contributed by atoms with van der Waals surface area (Å²) in [5, 5.41) is 23.4. The Hall–Kier alpha value is -4.25. The molecule has 4 rings (SSSR count). The maximum Gasteiger partial charge on any atom is 0.152 e. The van der Waals surface area contributed by atoms with Crippen LogP contribution in [-0.4, -0.2) is 40.6 Å². The summed E-state index contributed by atoms with van der Waals surface area (Å²) in [4.78, 5) is 14.9. The van der Waals surface area contributed by atoms with Gasteiger partial charge in [0.15, 0.2) is 5.78 Å². The lowest BCUT2D eigenvalue weighted by Gasteiger charge is -2.28. The van der Waals surface area contributed by atoms with E-state index < -0.39 is 17.2 Å². The van der Waals surface area contributed by atoms with Gasteiger partial charge in [-0.25, -0.2) is 23.1 Å². The van der Waals surface area contributed by atoms with Gasteiger partial charge in [-0.3, -0.25) is 4.79 Å². The molecule has 0 bridgehead atoms. The Balaban J connectivity index is 1.46. The minimum atomic E-state index is -1.82. The van der Waals surface area contributed by atoms with Crippen LogP contribution in [0.2, 0.25) is 0 Å². The Morgan fingerprint density at radius 2 is 1.91 bits per heavy atom. The summed E-state index contributed by atoms with van der Waals surface area (Å²) in [5.74, 6) is -1.09. The monoisotopic (exact) mass is 480 g/mol. The Morgan fingerprint density at radius 1 is 1.14 bits per heavy atom. The van der Waals surface area contributed by atoms with E-state index in [1.807, 2.05) is 12.1 Å². The number of hydrogen-bond donors (Lipinski definition) is 1. The van der Waals surface area contributed by atoms with E-state index in [1.165, 1.54) is 41.1 Å². The Morgan fingerprint density at radius 3 is 2.60 bits per heavy atom. The SMILES string of the molecule is CC(=O)/C=C/c1ccc(OCc2cn(CC(O)(Cn3cncn3)c3ccc(F)cc3F)nn2)cc1. The van der Waals surface area contributed by atoms with Crippen molar-refractivity contribution in [3.05, 3.63) is 95.8 Å². The van der Waals surface area contributed by atoms with Gasteiger partial charge >= 0.3 is 0 Å². The zero-order valence-corrected chi connectivity index (χ0v) is 18.8. The van der Waals surface area contributed by atoms with E-state index >= 15 is 0 Å². The first-order chi connectivity index (χ1) is 16.8. The van der Waals surface area contributed by atoms with E-state index in [-0.39, 0.29) is 31.0 Å². The molecule has 0 spiro atoms. The topological polar surface area (TPSA) is 108 Å². The molecule has 35 heavy (non-hydrogen) atoms. The van der Waals surface area contributed by atoms with Crippen LogP contribution in [0.1, 0.15) is 23.7 Å². The highest BCUT2D eigenvalue weighted by Crippen LogP contribution is 2.28.